The summed E-state index contributed by atoms with van der Waals surface area (Å²) >= 11 is 0. The van der Waals surface area contributed by atoms with E-state index in [1.54, 1.807) is 12.1 Å². The number of benzene rings is 1. The minimum atomic E-state index is -0.379. The van der Waals surface area contributed by atoms with Crippen LogP contribution in [-0.4, -0.2) is 102 Å². The zero-order valence-corrected chi connectivity index (χ0v) is 20.6. The maximum atomic E-state index is 13.9. The number of nitro benzene ring substituents is 1. The van der Waals surface area contributed by atoms with E-state index in [0.717, 1.165) is 43.7 Å². The van der Waals surface area contributed by atoms with Gasteiger partial charge in [-0.25, -0.2) is 0 Å². The van der Waals surface area contributed by atoms with Gasteiger partial charge in [0.05, 0.1) is 35.6 Å². The van der Waals surface area contributed by atoms with Crippen molar-refractivity contribution in [1.82, 2.24) is 14.7 Å². The van der Waals surface area contributed by atoms with Crippen molar-refractivity contribution in [3.05, 3.63) is 33.9 Å². The number of carbonyl (C=O) groups excluding carboxylic acids is 2. The lowest BCUT2D eigenvalue weighted by molar-refractivity contribution is -0.384. The highest BCUT2D eigenvalue weighted by atomic mass is 16.6. The summed E-state index contributed by atoms with van der Waals surface area (Å²) in [6, 6.07) is 4.92. The van der Waals surface area contributed by atoms with Crippen molar-refractivity contribution >= 4 is 23.2 Å². The highest BCUT2D eigenvalue weighted by molar-refractivity contribution is 5.83. The molecule has 10 heteroatoms. The fourth-order valence-electron chi connectivity index (χ4n) is 6.26. The van der Waals surface area contributed by atoms with Crippen LogP contribution < -0.4 is 4.90 Å². The van der Waals surface area contributed by atoms with Crippen LogP contribution in [-0.2, 0) is 20.7 Å². The zero-order valence-electron chi connectivity index (χ0n) is 20.6. The third kappa shape index (κ3) is 4.86. The molecule has 3 saturated heterocycles. The molecule has 4 heterocycles. The molecule has 4 aliphatic rings. The van der Waals surface area contributed by atoms with Crippen molar-refractivity contribution in [3.63, 3.8) is 0 Å². The first kappa shape index (κ1) is 24.0. The molecule has 0 unspecified atom stereocenters. The second-order valence-electron chi connectivity index (χ2n) is 10.5. The molecule has 10 nitrogen and oxygen atoms in total. The quantitative estimate of drug-likeness (QED) is 0.471. The lowest BCUT2D eigenvalue weighted by Gasteiger charge is -2.50. The van der Waals surface area contributed by atoms with Gasteiger partial charge in [0.1, 0.15) is 0 Å². The number of nitrogens with zero attached hydrogens (tertiary/aromatic N) is 5. The first-order valence-electron chi connectivity index (χ1n) is 12.8. The summed E-state index contributed by atoms with van der Waals surface area (Å²) in [4.78, 5) is 46.0. The molecular formula is C25H35N5O5. The normalized spacial score (nSPS) is 29.0. The Kier molecular flexibility index (Phi) is 6.67. The van der Waals surface area contributed by atoms with E-state index in [2.05, 4.69) is 9.80 Å². The Balaban J connectivity index is 1.40. The Morgan fingerprint density at radius 1 is 1.03 bits per heavy atom. The summed E-state index contributed by atoms with van der Waals surface area (Å²) in [6.07, 6.45) is 2.54. The monoisotopic (exact) mass is 485 g/mol. The van der Waals surface area contributed by atoms with Gasteiger partial charge >= 0.3 is 0 Å². The molecule has 4 aliphatic heterocycles. The van der Waals surface area contributed by atoms with Crippen LogP contribution in [0.25, 0.3) is 0 Å². The number of carbonyl (C=O) groups is 2. The van der Waals surface area contributed by atoms with Crippen molar-refractivity contribution in [1.29, 1.82) is 0 Å². The number of ether oxygens (including phenoxy) is 1. The molecule has 3 fully saturated rings. The van der Waals surface area contributed by atoms with Gasteiger partial charge in [0.25, 0.3) is 5.69 Å². The minimum Gasteiger partial charge on any atom is -0.372 e. The van der Waals surface area contributed by atoms with E-state index in [4.69, 9.17) is 4.74 Å². The van der Waals surface area contributed by atoms with Crippen LogP contribution in [0.4, 0.5) is 11.4 Å². The third-order valence-electron chi connectivity index (χ3n) is 7.86. The highest BCUT2D eigenvalue weighted by Gasteiger charge is 2.44. The lowest BCUT2D eigenvalue weighted by atomic mass is 9.82. The smallest absolute Gasteiger partial charge is 0.269 e. The fraction of sp³-hybridized carbons (Fsp3) is 0.680. The van der Waals surface area contributed by atoms with Gasteiger partial charge in [0.2, 0.25) is 11.8 Å². The molecule has 1 aromatic carbocycles. The maximum absolute atomic E-state index is 13.9. The number of amides is 2. The molecule has 0 bridgehead atoms. The Hall–Kier alpha value is -2.72. The number of fused-ring (bicyclic) bond motifs is 3. The van der Waals surface area contributed by atoms with Crippen molar-refractivity contribution in [3.8, 4) is 0 Å². The maximum Gasteiger partial charge on any atom is 0.269 e. The van der Waals surface area contributed by atoms with Gasteiger partial charge < -0.3 is 19.4 Å². The predicted octanol–water partition coefficient (Wildman–Crippen LogP) is 1.52. The first-order chi connectivity index (χ1) is 16.8. The first-order valence-corrected chi connectivity index (χ1v) is 12.8. The number of anilines is 1. The Morgan fingerprint density at radius 2 is 1.74 bits per heavy atom. The van der Waals surface area contributed by atoms with Gasteiger partial charge in [0, 0.05) is 63.6 Å². The summed E-state index contributed by atoms with van der Waals surface area (Å²) < 4.78 is 5.84. The molecule has 2 amide bonds. The molecule has 0 N–H and O–H groups in total. The van der Waals surface area contributed by atoms with E-state index in [0.29, 0.717) is 39.1 Å². The summed E-state index contributed by atoms with van der Waals surface area (Å²) in [5, 5.41) is 11.4. The second kappa shape index (κ2) is 9.73. The van der Waals surface area contributed by atoms with Crippen LogP contribution in [0.15, 0.2) is 18.2 Å². The van der Waals surface area contributed by atoms with Crippen LogP contribution in [0.2, 0.25) is 0 Å². The van der Waals surface area contributed by atoms with Gasteiger partial charge in [-0.15, -0.1) is 0 Å². The SMILES string of the molecule is C[C@@H]1CN(C(=O)[C@@H]2Cc3cc([N+](=O)[O-])ccc3N3CCN(CC(=O)N4CCCC4)C[C@H]23)C[C@H](C)O1. The van der Waals surface area contributed by atoms with Crippen molar-refractivity contribution in [2.75, 3.05) is 57.3 Å². The number of non-ortho nitro benzene ring substituents is 1. The lowest BCUT2D eigenvalue weighted by Crippen LogP contribution is -2.63. The number of nitro groups is 1. The molecule has 0 aromatic heterocycles. The number of hydrogen-bond acceptors (Lipinski definition) is 7. The van der Waals surface area contributed by atoms with Crippen LogP contribution in [0.1, 0.15) is 32.3 Å². The van der Waals surface area contributed by atoms with Gasteiger partial charge in [0.15, 0.2) is 0 Å². The summed E-state index contributed by atoms with van der Waals surface area (Å²) in [5.74, 6) is -0.0833. The van der Waals surface area contributed by atoms with Crippen molar-refractivity contribution in [2.45, 2.75) is 51.4 Å². The predicted molar refractivity (Wildman–Crippen MR) is 130 cm³/mol. The largest absolute Gasteiger partial charge is 0.372 e. The average molecular weight is 486 g/mol. The molecule has 4 atom stereocenters. The molecule has 0 saturated carbocycles. The Morgan fingerprint density at radius 3 is 2.43 bits per heavy atom. The van der Waals surface area contributed by atoms with E-state index < -0.39 is 0 Å². The van der Waals surface area contributed by atoms with E-state index in [-0.39, 0.29) is 46.6 Å². The topological polar surface area (TPSA) is 99.5 Å². The number of hydrogen-bond donors (Lipinski definition) is 0. The molecule has 0 aliphatic carbocycles. The summed E-state index contributed by atoms with van der Waals surface area (Å²) in [6.45, 7) is 9.14. The number of piperazine rings is 1. The molecule has 0 spiro atoms. The molecule has 190 valence electrons. The second-order valence-corrected chi connectivity index (χ2v) is 10.5. The molecule has 35 heavy (non-hydrogen) atoms. The van der Waals surface area contributed by atoms with Crippen LogP contribution in [0.3, 0.4) is 0 Å². The standard InChI is InChI=1S/C25H35N5O5/c1-17-13-28(14-18(2)35-17)25(32)21-12-19-11-20(30(33)34)5-6-22(19)29-10-9-26(15-23(21)29)16-24(31)27-7-3-4-8-27/h5-6,11,17-18,21,23H,3-4,7-10,12-16H2,1-2H3/t17-,18+,21-,23-/m1/s1. The van der Waals surface area contributed by atoms with Crippen molar-refractivity contribution < 1.29 is 19.2 Å². The summed E-state index contributed by atoms with van der Waals surface area (Å²) in [5.41, 5.74) is 1.88. The van der Waals surface area contributed by atoms with Crippen LogP contribution in [0, 0.1) is 16.0 Å². The van der Waals surface area contributed by atoms with Crippen LogP contribution in [0.5, 0.6) is 0 Å². The zero-order chi connectivity index (χ0) is 24.7. The van der Waals surface area contributed by atoms with Gasteiger partial charge in [-0.2, -0.15) is 0 Å². The van der Waals surface area contributed by atoms with Gasteiger partial charge in [-0.1, -0.05) is 0 Å². The molecule has 1 aromatic rings. The van der Waals surface area contributed by atoms with E-state index >= 15 is 0 Å². The van der Waals surface area contributed by atoms with Gasteiger partial charge in [-0.05, 0) is 44.7 Å². The third-order valence-corrected chi connectivity index (χ3v) is 7.86. The van der Waals surface area contributed by atoms with E-state index in [1.807, 2.05) is 29.7 Å². The summed E-state index contributed by atoms with van der Waals surface area (Å²) in [7, 11) is 0. The average Bonchev–Trinajstić information content (AvgIpc) is 3.37. The molecule has 0 radical (unpaired) electrons. The fourth-order valence-corrected chi connectivity index (χ4v) is 6.26. The molecule has 5 rings (SSSR count). The number of morpholine rings is 1. The minimum absolute atomic E-state index is 0.0308. The Labute approximate surface area is 205 Å². The number of rotatable bonds is 4. The van der Waals surface area contributed by atoms with Gasteiger partial charge in [-0.3, -0.25) is 24.6 Å². The molecular weight excluding hydrogens is 450 g/mol. The Bertz CT molecular complexity index is 986. The van der Waals surface area contributed by atoms with E-state index in [1.165, 1.54) is 0 Å². The van der Waals surface area contributed by atoms with Crippen molar-refractivity contribution in [2.24, 2.45) is 5.92 Å². The van der Waals surface area contributed by atoms with E-state index in [9.17, 15) is 19.7 Å². The van der Waals surface area contributed by atoms with Crippen LogP contribution >= 0.6 is 0 Å². The highest BCUT2D eigenvalue weighted by Crippen LogP contribution is 2.38. The number of likely N-dealkylation sites (tertiary alicyclic amines) is 1.